The minimum absolute atomic E-state index is 0.0556. The lowest BCUT2D eigenvalue weighted by Crippen LogP contribution is -2.11. The zero-order valence-corrected chi connectivity index (χ0v) is 12.9. The fourth-order valence-corrected chi connectivity index (χ4v) is 2.26. The molecule has 2 rings (SSSR count). The second-order valence-electron chi connectivity index (χ2n) is 6.16. The summed E-state index contributed by atoms with van der Waals surface area (Å²) in [5.41, 5.74) is 2.39. The van der Waals surface area contributed by atoms with Crippen molar-refractivity contribution >= 4 is 0 Å². The van der Waals surface area contributed by atoms with Gasteiger partial charge in [0, 0.05) is 5.56 Å². The summed E-state index contributed by atoms with van der Waals surface area (Å²) in [5.74, 6) is 0.0833. The maximum Gasteiger partial charge on any atom is 0.125 e. The zero-order chi connectivity index (χ0) is 15.6. The van der Waals surface area contributed by atoms with Gasteiger partial charge in [-0.25, -0.2) is 4.39 Å². The Hall–Kier alpha value is -1.87. The largest absolute Gasteiger partial charge is 0.496 e. The first-order chi connectivity index (χ1) is 9.82. The molecule has 2 aromatic rings. The van der Waals surface area contributed by atoms with Crippen molar-refractivity contribution in [1.82, 2.24) is 0 Å². The highest BCUT2D eigenvalue weighted by Gasteiger charge is 2.18. The molecule has 21 heavy (non-hydrogen) atoms. The number of aliphatic hydroxyl groups excluding tert-OH is 1. The first-order valence-corrected chi connectivity index (χ1v) is 6.95. The molecule has 2 nitrogen and oxygen atoms in total. The van der Waals surface area contributed by atoms with Crippen LogP contribution in [0.4, 0.5) is 4.39 Å². The van der Waals surface area contributed by atoms with Crippen LogP contribution in [0.25, 0.3) is 0 Å². The predicted octanol–water partition coefficient (Wildman–Crippen LogP) is 4.21. The monoisotopic (exact) mass is 288 g/mol. The number of hydrogen-bond acceptors (Lipinski definition) is 2. The third-order valence-electron chi connectivity index (χ3n) is 3.58. The molecule has 0 saturated carbocycles. The Bertz CT molecular complexity index is 612. The number of ether oxygens (including phenoxy) is 1. The standard InChI is InChI=1S/C18H21FO2/c1-18(2,3)13-7-5-12(6-8-13)17(20)15-11-14(19)9-10-16(15)21-4/h5-11,17,20H,1-4H3. The number of halogens is 1. The van der Waals surface area contributed by atoms with E-state index in [4.69, 9.17) is 4.74 Å². The predicted molar refractivity (Wildman–Crippen MR) is 82.2 cm³/mol. The van der Waals surface area contributed by atoms with Crippen molar-refractivity contribution in [2.24, 2.45) is 0 Å². The molecule has 1 unspecified atom stereocenters. The molecule has 0 spiro atoms. The molecule has 112 valence electrons. The van der Waals surface area contributed by atoms with E-state index in [1.54, 1.807) is 0 Å². The Balaban J connectivity index is 2.36. The highest BCUT2D eigenvalue weighted by molar-refractivity contribution is 5.41. The first-order valence-electron chi connectivity index (χ1n) is 6.95. The average molecular weight is 288 g/mol. The molecule has 0 heterocycles. The quantitative estimate of drug-likeness (QED) is 0.916. The summed E-state index contributed by atoms with van der Waals surface area (Å²) in [5, 5.41) is 10.5. The van der Waals surface area contributed by atoms with Crippen LogP contribution in [0.5, 0.6) is 5.75 Å². The van der Waals surface area contributed by atoms with Crippen LogP contribution in [0.15, 0.2) is 42.5 Å². The molecule has 0 aromatic heterocycles. The number of aliphatic hydroxyl groups is 1. The van der Waals surface area contributed by atoms with Gasteiger partial charge in [0.1, 0.15) is 17.7 Å². The van der Waals surface area contributed by atoms with Crippen LogP contribution in [0.1, 0.15) is 43.6 Å². The Labute approximate surface area is 125 Å². The first kappa shape index (κ1) is 15.5. The van der Waals surface area contributed by atoms with Gasteiger partial charge in [-0.3, -0.25) is 0 Å². The van der Waals surface area contributed by atoms with Crippen molar-refractivity contribution in [2.75, 3.05) is 7.11 Å². The molecule has 3 heteroatoms. The van der Waals surface area contributed by atoms with Gasteiger partial charge in [-0.1, -0.05) is 45.0 Å². The molecule has 0 amide bonds. The van der Waals surface area contributed by atoms with E-state index in [9.17, 15) is 9.50 Å². The number of benzene rings is 2. The molecule has 1 N–H and O–H groups in total. The Morgan fingerprint density at radius 3 is 2.19 bits per heavy atom. The fourth-order valence-electron chi connectivity index (χ4n) is 2.26. The van der Waals surface area contributed by atoms with Crippen molar-refractivity contribution in [2.45, 2.75) is 32.3 Å². The van der Waals surface area contributed by atoms with E-state index in [0.29, 0.717) is 16.9 Å². The molecule has 2 aromatic carbocycles. The maximum atomic E-state index is 13.4. The zero-order valence-electron chi connectivity index (χ0n) is 12.9. The van der Waals surface area contributed by atoms with Gasteiger partial charge in [-0.15, -0.1) is 0 Å². The van der Waals surface area contributed by atoms with Crippen molar-refractivity contribution in [1.29, 1.82) is 0 Å². The molecule has 0 saturated heterocycles. The van der Waals surface area contributed by atoms with Gasteiger partial charge in [0.05, 0.1) is 7.11 Å². The summed E-state index contributed by atoms with van der Waals surface area (Å²) in [4.78, 5) is 0. The second-order valence-corrected chi connectivity index (χ2v) is 6.16. The smallest absolute Gasteiger partial charge is 0.125 e. The SMILES string of the molecule is COc1ccc(F)cc1C(O)c1ccc(C(C)(C)C)cc1. The lowest BCUT2D eigenvalue weighted by atomic mass is 9.86. The third-order valence-corrected chi connectivity index (χ3v) is 3.58. The summed E-state index contributed by atoms with van der Waals surface area (Å²) < 4.78 is 18.6. The van der Waals surface area contributed by atoms with E-state index in [2.05, 4.69) is 20.8 Å². The molecule has 0 fully saturated rings. The van der Waals surface area contributed by atoms with E-state index >= 15 is 0 Å². The van der Waals surface area contributed by atoms with Crippen LogP contribution >= 0.6 is 0 Å². The van der Waals surface area contributed by atoms with E-state index in [0.717, 1.165) is 0 Å². The summed E-state index contributed by atoms with van der Waals surface area (Å²) >= 11 is 0. The topological polar surface area (TPSA) is 29.5 Å². The van der Waals surface area contributed by atoms with E-state index < -0.39 is 11.9 Å². The van der Waals surface area contributed by atoms with Crippen LogP contribution < -0.4 is 4.74 Å². The van der Waals surface area contributed by atoms with Gasteiger partial charge in [-0.05, 0) is 34.7 Å². The molecule has 0 aliphatic rings. The summed E-state index contributed by atoms with van der Waals surface area (Å²) in [6.07, 6.45) is -0.912. The maximum absolute atomic E-state index is 13.4. The number of hydrogen-bond donors (Lipinski definition) is 1. The van der Waals surface area contributed by atoms with Crippen LogP contribution in [-0.2, 0) is 5.41 Å². The minimum atomic E-state index is -0.912. The Morgan fingerprint density at radius 1 is 1.05 bits per heavy atom. The molecule has 0 radical (unpaired) electrons. The molecule has 1 atom stereocenters. The van der Waals surface area contributed by atoms with Crippen molar-refractivity contribution in [3.8, 4) is 5.75 Å². The Kier molecular flexibility index (Phi) is 4.33. The van der Waals surface area contributed by atoms with E-state index in [1.807, 2.05) is 24.3 Å². The van der Waals surface area contributed by atoms with Crippen LogP contribution in [0.2, 0.25) is 0 Å². The van der Waals surface area contributed by atoms with E-state index in [1.165, 1.54) is 30.9 Å². The van der Waals surface area contributed by atoms with Crippen molar-refractivity contribution in [3.05, 3.63) is 65.0 Å². The van der Waals surface area contributed by atoms with Gasteiger partial charge < -0.3 is 9.84 Å². The minimum Gasteiger partial charge on any atom is -0.496 e. The molecule has 0 aliphatic heterocycles. The van der Waals surface area contributed by atoms with Crippen molar-refractivity contribution in [3.63, 3.8) is 0 Å². The lowest BCUT2D eigenvalue weighted by molar-refractivity contribution is 0.214. The second kappa shape index (κ2) is 5.86. The fraction of sp³-hybridized carbons (Fsp3) is 0.333. The van der Waals surface area contributed by atoms with Gasteiger partial charge in [-0.2, -0.15) is 0 Å². The lowest BCUT2D eigenvalue weighted by Gasteiger charge is -2.20. The molecular weight excluding hydrogens is 267 g/mol. The average Bonchev–Trinajstić information content (AvgIpc) is 2.45. The van der Waals surface area contributed by atoms with Gasteiger partial charge >= 0.3 is 0 Å². The summed E-state index contributed by atoms with van der Waals surface area (Å²) in [7, 11) is 1.51. The normalized spacial score (nSPS) is 13.0. The van der Waals surface area contributed by atoms with Crippen LogP contribution in [0, 0.1) is 5.82 Å². The number of methoxy groups -OCH3 is 1. The Morgan fingerprint density at radius 2 is 1.67 bits per heavy atom. The molecule has 0 bridgehead atoms. The highest BCUT2D eigenvalue weighted by Crippen LogP contribution is 2.32. The summed E-state index contributed by atoms with van der Waals surface area (Å²) in [6, 6.07) is 11.9. The summed E-state index contributed by atoms with van der Waals surface area (Å²) in [6.45, 7) is 6.40. The third kappa shape index (κ3) is 3.42. The number of rotatable bonds is 3. The van der Waals surface area contributed by atoms with Gasteiger partial charge in [0.15, 0.2) is 0 Å². The van der Waals surface area contributed by atoms with Gasteiger partial charge in [0.25, 0.3) is 0 Å². The van der Waals surface area contributed by atoms with Crippen LogP contribution in [-0.4, -0.2) is 12.2 Å². The molecule has 0 aliphatic carbocycles. The highest BCUT2D eigenvalue weighted by atomic mass is 19.1. The van der Waals surface area contributed by atoms with E-state index in [-0.39, 0.29) is 5.41 Å². The van der Waals surface area contributed by atoms with Gasteiger partial charge in [0.2, 0.25) is 0 Å². The molecular formula is C18H21FO2. The van der Waals surface area contributed by atoms with Crippen LogP contribution in [0.3, 0.4) is 0 Å². The van der Waals surface area contributed by atoms with Crippen molar-refractivity contribution < 1.29 is 14.2 Å².